The summed E-state index contributed by atoms with van der Waals surface area (Å²) in [5.74, 6) is 1.83. The van der Waals surface area contributed by atoms with E-state index in [-0.39, 0.29) is 36.6 Å². The van der Waals surface area contributed by atoms with E-state index in [9.17, 15) is 0 Å². The fourth-order valence-corrected chi connectivity index (χ4v) is 14.1. The van der Waals surface area contributed by atoms with E-state index in [0.717, 1.165) is 62.1 Å². The minimum absolute atomic E-state index is 0.118. The molecule has 0 saturated heterocycles. The Morgan fingerprint density at radius 3 is 0.737 bits per heavy atom. The lowest BCUT2D eigenvalue weighted by Gasteiger charge is -2.36. The SMILES string of the molecule is CCC(C)O[Si](CCSSCC[Si](OC(C)CC)(OC(C)CC)OC(C)CC)(OC(C)CC)OC(C)CC. The van der Waals surface area contributed by atoms with Gasteiger partial charge in [0, 0.05) is 60.2 Å². The molecule has 6 unspecified atom stereocenters. The molecule has 230 valence electrons. The van der Waals surface area contributed by atoms with E-state index in [2.05, 4.69) is 83.1 Å². The molecule has 0 radical (unpaired) electrons. The second kappa shape index (κ2) is 21.6. The molecule has 0 aliphatic carbocycles. The summed E-state index contributed by atoms with van der Waals surface area (Å²) in [6.07, 6.45) is 6.37. The number of hydrogen-bond acceptors (Lipinski definition) is 8. The summed E-state index contributed by atoms with van der Waals surface area (Å²) in [6, 6.07) is 1.62. The van der Waals surface area contributed by atoms with Crippen LogP contribution in [0.1, 0.15) is 122 Å². The maximum atomic E-state index is 6.58. The molecule has 0 aromatic heterocycles. The van der Waals surface area contributed by atoms with Crippen molar-refractivity contribution in [2.24, 2.45) is 0 Å². The first-order valence-electron chi connectivity index (χ1n) is 15.2. The minimum Gasteiger partial charge on any atom is -0.371 e. The number of hydrogen-bond donors (Lipinski definition) is 0. The van der Waals surface area contributed by atoms with Gasteiger partial charge in [0.2, 0.25) is 0 Å². The summed E-state index contributed by atoms with van der Waals surface area (Å²) in [6.45, 7) is 25.7. The van der Waals surface area contributed by atoms with Crippen molar-refractivity contribution in [3.8, 4) is 0 Å². The second-order valence-corrected chi connectivity index (χ2v) is 18.4. The van der Waals surface area contributed by atoms with Gasteiger partial charge in [0.25, 0.3) is 0 Å². The first-order chi connectivity index (χ1) is 17.9. The van der Waals surface area contributed by atoms with Crippen molar-refractivity contribution < 1.29 is 26.6 Å². The Balaban J connectivity index is 5.39. The summed E-state index contributed by atoms with van der Waals surface area (Å²) in [5, 5.41) is 0. The molecule has 0 aromatic carbocycles. The van der Waals surface area contributed by atoms with Gasteiger partial charge in [-0.2, -0.15) is 0 Å². The van der Waals surface area contributed by atoms with Crippen LogP contribution in [0.5, 0.6) is 0 Å². The molecule has 0 aliphatic rings. The Morgan fingerprint density at radius 2 is 0.579 bits per heavy atom. The molecule has 0 N–H and O–H groups in total. The summed E-state index contributed by atoms with van der Waals surface area (Å²) in [5.41, 5.74) is 0. The Kier molecular flexibility index (Phi) is 22.1. The highest BCUT2D eigenvalue weighted by atomic mass is 33.1. The van der Waals surface area contributed by atoms with Crippen LogP contribution in [0.2, 0.25) is 12.1 Å². The smallest absolute Gasteiger partial charge is 0.371 e. The van der Waals surface area contributed by atoms with E-state index < -0.39 is 17.6 Å². The Hall–Kier alpha value is 0.894. The zero-order valence-electron chi connectivity index (χ0n) is 26.8. The normalized spacial score (nSPS) is 20.2. The topological polar surface area (TPSA) is 55.4 Å². The van der Waals surface area contributed by atoms with Gasteiger partial charge >= 0.3 is 17.6 Å². The van der Waals surface area contributed by atoms with Crippen LogP contribution in [-0.2, 0) is 26.6 Å². The molecule has 0 rings (SSSR count). The van der Waals surface area contributed by atoms with E-state index in [1.807, 2.05) is 21.6 Å². The van der Waals surface area contributed by atoms with Crippen molar-refractivity contribution >= 4 is 39.2 Å². The maximum Gasteiger partial charge on any atom is 0.502 e. The molecule has 0 spiro atoms. The molecule has 0 saturated carbocycles. The van der Waals surface area contributed by atoms with Gasteiger partial charge < -0.3 is 26.6 Å². The molecule has 38 heavy (non-hydrogen) atoms. The molecule has 0 amide bonds. The molecular weight excluding hydrogens is 553 g/mol. The van der Waals surface area contributed by atoms with Gasteiger partial charge in [0.15, 0.2) is 0 Å². The first-order valence-corrected chi connectivity index (χ1v) is 21.6. The predicted molar refractivity (Wildman–Crippen MR) is 171 cm³/mol. The van der Waals surface area contributed by atoms with Crippen LogP contribution in [0.15, 0.2) is 0 Å². The third-order valence-corrected chi connectivity index (χ3v) is 16.2. The molecule has 6 atom stereocenters. The van der Waals surface area contributed by atoms with Crippen LogP contribution in [-0.4, -0.2) is 65.7 Å². The van der Waals surface area contributed by atoms with Crippen LogP contribution in [0, 0.1) is 0 Å². The second-order valence-electron chi connectivity index (χ2n) is 10.5. The monoisotopic (exact) mass is 614 g/mol. The molecule has 0 heterocycles. The van der Waals surface area contributed by atoms with Crippen molar-refractivity contribution in [2.75, 3.05) is 11.5 Å². The van der Waals surface area contributed by atoms with Gasteiger partial charge in [-0.25, -0.2) is 0 Å². The van der Waals surface area contributed by atoms with Crippen LogP contribution in [0.4, 0.5) is 0 Å². The van der Waals surface area contributed by atoms with Crippen molar-refractivity contribution in [3.63, 3.8) is 0 Å². The lowest BCUT2D eigenvalue weighted by Crippen LogP contribution is -2.52. The maximum absolute atomic E-state index is 6.58. The average molecular weight is 615 g/mol. The fraction of sp³-hybridized carbons (Fsp3) is 1.00. The predicted octanol–water partition coefficient (Wildman–Crippen LogP) is 9.14. The minimum atomic E-state index is -2.82. The lowest BCUT2D eigenvalue weighted by molar-refractivity contribution is -0.0106. The molecule has 0 aromatic rings. The number of rotatable bonds is 25. The summed E-state index contributed by atoms with van der Waals surface area (Å²) in [4.78, 5) is 0. The highest BCUT2D eigenvalue weighted by Crippen LogP contribution is 2.33. The third kappa shape index (κ3) is 16.4. The van der Waals surface area contributed by atoms with Crippen molar-refractivity contribution in [1.82, 2.24) is 0 Å². The van der Waals surface area contributed by atoms with E-state index in [4.69, 9.17) is 26.6 Å². The van der Waals surface area contributed by atoms with Crippen LogP contribution >= 0.6 is 21.6 Å². The van der Waals surface area contributed by atoms with E-state index >= 15 is 0 Å². The van der Waals surface area contributed by atoms with Crippen LogP contribution in [0.25, 0.3) is 0 Å². The Labute approximate surface area is 246 Å². The Morgan fingerprint density at radius 1 is 0.395 bits per heavy atom. The first kappa shape index (κ1) is 38.9. The Bertz CT molecular complexity index is 467. The highest BCUT2D eigenvalue weighted by molar-refractivity contribution is 8.76. The average Bonchev–Trinajstić information content (AvgIpc) is 2.89. The van der Waals surface area contributed by atoms with Crippen molar-refractivity contribution in [1.29, 1.82) is 0 Å². The molecular formula is C28H62O6S2Si2. The lowest BCUT2D eigenvalue weighted by atomic mass is 10.3. The van der Waals surface area contributed by atoms with Gasteiger partial charge in [0.1, 0.15) is 0 Å². The zero-order chi connectivity index (χ0) is 29.2. The largest absolute Gasteiger partial charge is 0.502 e. The molecule has 0 bridgehead atoms. The molecule has 0 fully saturated rings. The van der Waals surface area contributed by atoms with Gasteiger partial charge in [-0.1, -0.05) is 63.1 Å². The van der Waals surface area contributed by atoms with Crippen molar-refractivity contribution in [3.05, 3.63) is 0 Å². The van der Waals surface area contributed by atoms with Gasteiger partial charge in [-0.15, -0.1) is 0 Å². The van der Waals surface area contributed by atoms with Crippen LogP contribution in [0.3, 0.4) is 0 Å². The summed E-state index contributed by atoms with van der Waals surface area (Å²) >= 11 is 0. The van der Waals surface area contributed by atoms with Gasteiger partial charge in [-0.3, -0.25) is 0 Å². The van der Waals surface area contributed by atoms with Gasteiger partial charge in [-0.05, 0) is 80.1 Å². The van der Waals surface area contributed by atoms with E-state index in [1.54, 1.807) is 0 Å². The van der Waals surface area contributed by atoms with Gasteiger partial charge in [0.05, 0.1) is 0 Å². The molecule has 0 aliphatic heterocycles. The molecule has 10 heteroatoms. The zero-order valence-corrected chi connectivity index (χ0v) is 30.4. The molecule has 6 nitrogen and oxygen atoms in total. The fourth-order valence-electron chi connectivity index (χ4n) is 3.31. The van der Waals surface area contributed by atoms with E-state index in [1.165, 1.54) is 0 Å². The van der Waals surface area contributed by atoms with Crippen molar-refractivity contribution in [2.45, 2.75) is 170 Å². The van der Waals surface area contributed by atoms with E-state index in [0.29, 0.717) is 0 Å². The highest BCUT2D eigenvalue weighted by Gasteiger charge is 2.46. The third-order valence-electron chi connectivity index (χ3n) is 6.80. The van der Waals surface area contributed by atoms with Crippen LogP contribution < -0.4 is 0 Å². The summed E-state index contributed by atoms with van der Waals surface area (Å²) < 4.78 is 39.5. The quantitative estimate of drug-likeness (QED) is 0.0573. The summed E-state index contributed by atoms with van der Waals surface area (Å²) in [7, 11) is -1.92. The standard InChI is InChI=1S/C28H62O6S2Si2/c1-13-23(7)29-37(30-24(8)14-2,31-25(9)15-3)21-19-35-36-20-22-38(32-26(10)16-4,33-27(11)17-5)34-28(12)18-6/h23-28H,13-22H2,1-12H3.